The van der Waals surface area contributed by atoms with Gasteiger partial charge in [-0.1, -0.05) is 0 Å². The predicted octanol–water partition coefficient (Wildman–Crippen LogP) is 2.56. The van der Waals surface area contributed by atoms with Crippen LogP contribution in [0.2, 0.25) is 0 Å². The number of carbonyl (C=O) groups excluding carboxylic acids is 1. The van der Waals surface area contributed by atoms with Crippen molar-refractivity contribution in [3.05, 3.63) is 35.3 Å². The quantitative estimate of drug-likeness (QED) is 0.686. The second kappa shape index (κ2) is 8.24. The first-order valence-electron chi connectivity index (χ1n) is 9.70. The van der Waals surface area contributed by atoms with Gasteiger partial charge in [0.05, 0.1) is 12.1 Å². The average molecular weight is 458 g/mol. The van der Waals surface area contributed by atoms with Gasteiger partial charge in [0.2, 0.25) is 0 Å². The number of sulfonamides is 1. The molecule has 0 spiro atoms. The Bertz CT molecular complexity index is 1090. The van der Waals surface area contributed by atoms with Gasteiger partial charge in [0.1, 0.15) is 11.4 Å². The van der Waals surface area contributed by atoms with E-state index < -0.39 is 38.2 Å². The Morgan fingerprint density at radius 2 is 2.13 bits per heavy atom. The van der Waals surface area contributed by atoms with Crippen molar-refractivity contribution in [3.63, 3.8) is 0 Å². The third-order valence-corrected chi connectivity index (χ3v) is 5.95. The van der Waals surface area contributed by atoms with Gasteiger partial charge in [-0.05, 0) is 39.2 Å². The summed E-state index contributed by atoms with van der Waals surface area (Å²) >= 11 is 0. The summed E-state index contributed by atoms with van der Waals surface area (Å²) in [4.78, 5) is 16.7. The maximum atomic E-state index is 14.1. The van der Waals surface area contributed by atoms with Crippen LogP contribution in [0.4, 0.5) is 14.5 Å². The van der Waals surface area contributed by atoms with Crippen molar-refractivity contribution >= 4 is 21.6 Å². The van der Waals surface area contributed by atoms with Crippen LogP contribution in [0.5, 0.6) is 0 Å². The number of pyridine rings is 1. The molecular formula is C19H25F2N5O4S. The molecule has 3 heterocycles. The summed E-state index contributed by atoms with van der Waals surface area (Å²) in [6.07, 6.45) is 3.70. The monoisotopic (exact) mass is 457 g/mol. The molecule has 12 heteroatoms. The Morgan fingerprint density at radius 3 is 2.71 bits per heavy atom. The number of alkyl halides is 2. The molecular weight excluding hydrogens is 432 g/mol. The lowest BCUT2D eigenvalue weighted by atomic mass is 9.96. The number of nitrogens with zero attached hydrogens (tertiary/aromatic N) is 3. The van der Waals surface area contributed by atoms with Crippen LogP contribution in [-0.2, 0) is 27.2 Å². The molecule has 2 aromatic heterocycles. The number of nitrogens with one attached hydrogen (secondary N) is 1. The van der Waals surface area contributed by atoms with Gasteiger partial charge >= 0.3 is 0 Å². The van der Waals surface area contributed by atoms with Crippen LogP contribution in [0, 0.1) is 6.92 Å². The molecule has 2 aromatic rings. The highest BCUT2D eigenvalue weighted by Gasteiger charge is 2.37. The van der Waals surface area contributed by atoms with Crippen molar-refractivity contribution in [2.45, 2.75) is 63.1 Å². The predicted molar refractivity (Wildman–Crippen MR) is 108 cm³/mol. The molecule has 1 atom stereocenters. The van der Waals surface area contributed by atoms with Crippen LogP contribution in [0.15, 0.2) is 23.4 Å². The number of carbonyl (C=O) groups is 1. The van der Waals surface area contributed by atoms with Crippen LogP contribution < -0.4 is 10.5 Å². The molecule has 1 unspecified atom stereocenters. The van der Waals surface area contributed by atoms with Crippen LogP contribution in [-0.4, -0.2) is 41.3 Å². The Balaban J connectivity index is 1.98. The van der Waals surface area contributed by atoms with Gasteiger partial charge in [0.25, 0.3) is 21.9 Å². The smallest absolute Gasteiger partial charge is 0.289 e. The van der Waals surface area contributed by atoms with Crippen molar-refractivity contribution in [1.82, 2.24) is 14.8 Å². The highest BCUT2D eigenvalue weighted by atomic mass is 32.2. The van der Waals surface area contributed by atoms with Crippen molar-refractivity contribution in [3.8, 4) is 0 Å². The molecule has 3 N–H and O–H groups in total. The lowest BCUT2D eigenvalue weighted by Crippen LogP contribution is -2.39. The minimum absolute atomic E-state index is 0.0325. The summed E-state index contributed by atoms with van der Waals surface area (Å²) < 4.78 is 58.4. The van der Waals surface area contributed by atoms with Crippen LogP contribution in [0.25, 0.3) is 0 Å². The zero-order chi connectivity index (χ0) is 23.0. The highest BCUT2D eigenvalue weighted by molar-refractivity contribution is 7.89. The van der Waals surface area contributed by atoms with E-state index in [9.17, 15) is 22.0 Å². The number of rotatable bonds is 6. The van der Waals surface area contributed by atoms with E-state index in [0.29, 0.717) is 20.0 Å². The number of primary sulfonamides is 1. The Kier molecular flexibility index (Phi) is 6.18. The molecule has 1 amide bonds. The van der Waals surface area contributed by atoms with Crippen molar-refractivity contribution in [1.29, 1.82) is 0 Å². The minimum atomic E-state index is -4.08. The van der Waals surface area contributed by atoms with Gasteiger partial charge in [0, 0.05) is 37.0 Å². The van der Waals surface area contributed by atoms with Crippen molar-refractivity contribution in [2.75, 3.05) is 11.9 Å². The Morgan fingerprint density at radius 1 is 1.42 bits per heavy atom. The first-order valence-corrected chi connectivity index (χ1v) is 11.2. The standard InChI is InChI=1S/C19H25F2N5O4S/c1-12-15(17(27)24-13-6-8-23-14(10-13)31(22,28)29)26(25-16(12)19(3,20)21)11-18(2)7-4-5-9-30-18/h6,8,10H,4-5,7,9,11H2,1-3H3,(H2,22,28,29)(H,23,24,27). The van der Waals surface area contributed by atoms with Crippen LogP contribution in [0.3, 0.4) is 0 Å². The molecule has 1 fully saturated rings. The molecule has 9 nitrogen and oxygen atoms in total. The lowest BCUT2D eigenvalue weighted by molar-refractivity contribution is -0.0778. The van der Waals surface area contributed by atoms with E-state index in [-0.39, 0.29) is 23.5 Å². The molecule has 0 bridgehead atoms. The molecule has 31 heavy (non-hydrogen) atoms. The molecule has 1 aliphatic rings. The number of anilines is 1. The average Bonchev–Trinajstić information content (AvgIpc) is 2.97. The normalized spacial score (nSPS) is 19.9. The second-order valence-electron chi connectivity index (χ2n) is 8.01. The zero-order valence-corrected chi connectivity index (χ0v) is 18.3. The third-order valence-electron chi connectivity index (χ3n) is 5.14. The molecule has 0 aliphatic carbocycles. The SMILES string of the molecule is Cc1c(C(C)(F)F)nn(CC2(C)CCCCO2)c1C(=O)Nc1ccnc(S(N)(=O)=O)c1. The fourth-order valence-electron chi connectivity index (χ4n) is 3.64. The molecule has 0 saturated carbocycles. The van der Waals surface area contributed by atoms with E-state index in [1.807, 2.05) is 6.92 Å². The summed E-state index contributed by atoms with van der Waals surface area (Å²) in [5.74, 6) is -3.97. The summed E-state index contributed by atoms with van der Waals surface area (Å²) in [6, 6.07) is 2.45. The second-order valence-corrected chi connectivity index (χ2v) is 9.51. The number of nitrogens with two attached hydrogens (primary N) is 1. The zero-order valence-electron chi connectivity index (χ0n) is 17.5. The fraction of sp³-hybridized carbons (Fsp3) is 0.526. The molecule has 3 rings (SSSR count). The minimum Gasteiger partial charge on any atom is -0.373 e. The topological polar surface area (TPSA) is 129 Å². The van der Waals surface area contributed by atoms with Gasteiger partial charge in [-0.3, -0.25) is 9.48 Å². The number of amides is 1. The van der Waals surface area contributed by atoms with Gasteiger partial charge < -0.3 is 10.1 Å². The summed E-state index contributed by atoms with van der Waals surface area (Å²) in [5.41, 5.74) is -1.08. The lowest BCUT2D eigenvalue weighted by Gasteiger charge is -2.34. The number of ether oxygens (including phenoxy) is 1. The maximum absolute atomic E-state index is 14.1. The maximum Gasteiger partial charge on any atom is 0.289 e. The van der Waals surface area contributed by atoms with Crippen molar-refractivity contribution in [2.24, 2.45) is 5.14 Å². The Labute approximate surface area is 179 Å². The molecule has 170 valence electrons. The third kappa shape index (κ3) is 5.25. The van der Waals surface area contributed by atoms with Gasteiger partial charge in [-0.25, -0.2) is 18.5 Å². The number of halogens is 2. The first-order chi connectivity index (χ1) is 14.3. The van der Waals surface area contributed by atoms with Crippen LogP contribution >= 0.6 is 0 Å². The van der Waals surface area contributed by atoms with Crippen molar-refractivity contribution < 1.29 is 26.7 Å². The molecule has 1 saturated heterocycles. The largest absolute Gasteiger partial charge is 0.373 e. The van der Waals surface area contributed by atoms with Crippen LogP contribution in [0.1, 0.15) is 54.9 Å². The number of hydrogen-bond donors (Lipinski definition) is 2. The summed E-state index contributed by atoms with van der Waals surface area (Å²) in [5, 5.41) is 11.2. The Hall–Kier alpha value is -2.44. The molecule has 0 radical (unpaired) electrons. The molecule has 0 aromatic carbocycles. The van der Waals surface area contributed by atoms with E-state index in [2.05, 4.69) is 15.4 Å². The van der Waals surface area contributed by atoms with E-state index >= 15 is 0 Å². The fourth-order valence-corrected chi connectivity index (χ4v) is 4.14. The van der Waals surface area contributed by atoms with E-state index in [1.54, 1.807) is 0 Å². The summed E-state index contributed by atoms with van der Waals surface area (Å²) in [7, 11) is -4.08. The summed E-state index contributed by atoms with van der Waals surface area (Å²) in [6.45, 7) is 4.63. The van der Waals surface area contributed by atoms with Gasteiger partial charge in [0.15, 0.2) is 5.03 Å². The van der Waals surface area contributed by atoms with Gasteiger partial charge in [-0.2, -0.15) is 13.9 Å². The van der Waals surface area contributed by atoms with E-state index in [1.165, 1.54) is 23.9 Å². The van der Waals surface area contributed by atoms with E-state index in [0.717, 1.165) is 18.9 Å². The van der Waals surface area contributed by atoms with E-state index in [4.69, 9.17) is 9.88 Å². The molecule has 1 aliphatic heterocycles. The first kappa shape index (κ1) is 23.2. The highest BCUT2D eigenvalue weighted by Crippen LogP contribution is 2.33. The number of aromatic nitrogens is 3. The van der Waals surface area contributed by atoms with Gasteiger partial charge in [-0.15, -0.1) is 0 Å². The number of hydrogen-bond acceptors (Lipinski definition) is 6.